The number of fused-ring (bicyclic) bond motifs is 1. The second-order valence-electron chi connectivity index (χ2n) is 6.90. The molecule has 0 bridgehead atoms. The average Bonchev–Trinajstić information content (AvgIpc) is 3.10. The highest BCUT2D eigenvalue weighted by Crippen LogP contribution is 2.27. The summed E-state index contributed by atoms with van der Waals surface area (Å²) in [5.74, 6) is -0.286. The molecule has 2 heterocycles. The number of hydrogen-bond acceptors (Lipinski definition) is 4. The Morgan fingerprint density at radius 2 is 1.81 bits per heavy atom. The first kappa shape index (κ1) is 17.4. The maximum absolute atomic E-state index is 13.1. The lowest BCUT2D eigenvalue weighted by molar-refractivity contribution is 0.0779. The minimum Gasteiger partial charge on any atom is -0.335 e. The molecule has 6 heteroatoms. The van der Waals surface area contributed by atoms with Gasteiger partial charge in [0.05, 0.1) is 5.52 Å². The number of amides is 1. The van der Waals surface area contributed by atoms with Crippen molar-refractivity contribution in [2.75, 3.05) is 13.1 Å². The number of carbonyl (C=O) groups is 1. The molecule has 1 saturated heterocycles. The van der Waals surface area contributed by atoms with Gasteiger partial charge in [-0.1, -0.05) is 42.5 Å². The normalized spacial score (nSPS) is 19.6. The summed E-state index contributed by atoms with van der Waals surface area (Å²) in [5.41, 5.74) is 7.80. The van der Waals surface area contributed by atoms with Gasteiger partial charge in [-0.2, -0.15) is 5.10 Å². The molecule has 138 valence electrons. The fraction of sp³-hybridized carbons (Fsp3) is 0.286. The van der Waals surface area contributed by atoms with Crippen LogP contribution in [0.3, 0.4) is 0 Å². The quantitative estimate of drug-likeness (QED) is 0.772. The molecule has 1 amide bonds. The Morgan fingerprint density at radius 3 is 2.56 bits per heavy atom. The minimum absolute atomic E-state index is 0.0311. The van der Waals surface area contributed by atoms with Gasteiger partial charge in [-0.25, -0.2) is 0 Å². The van der Waals surface area contributed by atoms with Crippen LogP contribution in [0.15, 0.2) is 59.4 Å². The van der Waals surface area contributed by atoms with Gasteiger partial charge in [-0.15, -0.1) is 0 Å². The number of nitrogens with two attached hydrogens (primary N) is 1. The molecular weight excluding hydrogens is 340 g/mol. The number of para-hydroxylation sites is 1. The Hall–Kier alpha value is -2.99. The van der Waals surface area contributed by atoms with Crippen molar-refractivity contribution in [2.24, 2.45) is 5.73 Å². The van der Waals surface area contributed by atoms with Crippen LogP contribution in [0.4, 0.5) is 0 Å². The Morgan fingerprint density at radius 1 is 1.11 bits per heavy atom. The summed E-state index contributed by atoms with van der Waals surface area (Å²) < 4.78 is 1.70. The van der Waals surface area contributed by atoms with Crippen molar-refractivity contribution in [3.8, 4) is 0 Å². The molecule has 1 aliphatic rings. The van der Waals surface area contributed by atoms with Crippen LogP contribution in [0, 0.1) is 0 Å². The van der Waals surface area contributed by atoms with Crippen LogP contribution < -0.4 is 11.2 Å². The first-order chi connectivity index (χ1) is 13.1. The maximum Gasteiger partial charge on any atom is 0.278 e. The molecule has 0 saturated carbocycles. The molecule has 0 radical (unpaired) electrons. The van der Waals surface area contributed by atoms with Crippen LogP contribution in [0.2, 0.25) is 0 Å². The van der Waals surface area contributed by atoms with E-state index in [9.17, 15) is 9.59 Å². The van der Waals surface area contributed by atoms with E-state index in [1.165, 1.54) is 0 Å². The van der Waals surface area contributed by atoms with E-state index in [4.69, 9.17) is 5.73 Å². The smallest absolute Gasteiger partial charge is 0.278 e. The van der Waals surface area contributed by atoms with E-state index >= 15 is 0 Å². The lowest BCUT2D eigenvalue weighted by Gasteiger charge is -2.17. The third kappa shape index (κ3) is 3.02. The molecular formula is C21H22N4O2. The summed E-state index contributed by atoms with van der Waals surface area (Å²) in [4.78, 5) is 27.6. The van der Waals surface area contributed by atoms with Gasteiger partial charge in [-0.3, -0.25) is 14.3 Å². The number of aryl methyl sites for hydroxylation is 1. The molecule has 2 aromatic carbocycles. The van der Waals surface area contributed by atoms with Crippen molar-refractivity contribution in [2.45, 2.75) is 25.4 Å². The number of aromatic nitrogens is 2. The van der Waals surface area contributed by atoms with E-state index in [0.29, 0.717) is 25.0 Å². The first-order valence-electron chi connectivity index (χ1n) is 9.19. The molecule has 0 unspecified atom stereocenters. The summed E-state index contributed by atoms with van der Waals surface area (Å²) in [6, 6.07) is 17.0. The van der Waals surface area contributed by atoms with Crippen LogP contribution in [0.5, 0.6) is 0 Å². The highest BCUT2D eigenvalue weighted by molar-refractivity contribution is 5.95. The number of likely N-dealkylation sites (tertiary alicyclic amines) is 1. The monoisotopic (exact) mass is 362 g/mol. The van der Waals surface area contributed by atoms with E-state index in [-0.39, 0.29) is 29.0 Å². The Kier molecular flexibility index (Phi) is 4.49. The SMILES string of the molecule is CCn1nc(C(=O)N2C[C@@H](N)[C@H](c3ccccc3)C2)c(=O)c2ccccc21. The zero-order chi connectivity index (χ0) is 19.0. The van der Waals surface area contributed by atoms with E-state index in [1.54, 1.807) is 21.7 Å². The number of rotatable bonds is 3. The van der Waals surface area contributed by atoms with Gasteiger partial charge in [0, 0.05) is 37.0 Å². The van der Waals surface area contributed by atoms with Gasteiger partial charge >= 0.3 is 0 Å². The number of hydrogen-bond donors (Lipinski definition) is 1. The molecule has 27 heavy (non-hydrogen) atoms. The molecule has 2 atom stereocenters. The van der Waals surface area contributed by atoms with Crippen LogP contribution in [-0.4, -0.2) is 39.7 Å². The van der Waals surface area contributed by atoms with Crippen molar-refractivity contribution in [1.82, 2.24) is 14.7 Å². The van der Waals surface area contributed by atoms with Crippen molar-refractivity contribution >= 4 is 16.8 Å². The number of nitrogens with zero attached hydrogens (tertiary/aromatic N) is 3. The summed E-state index contributed by atoms with van der Waals surface area (Å²) in [5, 5.41) is 4.87. The van der Waals surface area contributed by atoms with Crippen molar-refractivity contribution in [1.29, 1.82) is 0 Å². The van der Waals surface area contributed by atoms with Crippen molar-refractivity contribution < 1.29 is 4.79 Å². The third-order valence-corrected chi connectivity index (χ3v) is 5.24. The van der Waals surface area contributed by atoms with Crippen LogP contribution in [0.25, 0.3) is 10.9 Å². The third-order valence-electron chi connectivity index (χ3n) is 5.24. The van der Waals surface area contributed by atoms with Gasteiger partial charge < -0.3 is 10.6 Å². The lowest BCUT2D eigenvalue weighted by atomic mass is 9.95. The van der Waals surface area contributed by atoms with E-state index in [0.717, 1.165) is 11.1 Å². The second-order valence-corrected chi connectivity index (χ2v) is 6.90. The summed E-state index contributed by atoms with van der Waals surface area (Å²) in [7, 11) is 0. The largest absolute Gasteiger partial charge is 0.335 e. The molecule has 6 nitrogen and oxygen atoms in total. The number of carbonyl (C=O) groups excluding carboxylic acids is 1. The molecule has 3 aromatic rings. The standard InChI is InChI=1S/C21H22N4O2/c1-2-25-18-11-7-6-10-15(18)20(26)19(23-25)21(27)24-12-16(17(22)13-24)14-8-4-3-5-9-14/h3-11,16-17H,2,12-13,22H2,1H3/t16-,17+/m0/s1. The molecule has 2 N–H and O–H groups in total. The highest BCUT2D eigenvalue weighted by atomic mass is 16.2. The van der Waals surface area contributed by atoms with E-state index in [2.05, 4.69) is 5.10 Å². The van der Waals surface area contributed by atoms with Crippen molar-refractivity contribution in [3.05, 3.63) is 76.1 Å². The second kappa shape index (κ2) is 6.96. The average molecular weight is 362 g/mol. The predicted molar refractivity (Wildman–Crippen MR) is 105 cm³/mol. The topological polar surface area (TPSA) is 81.2 Å². The van der Waals surface area contributed by atoms with Crippen LogP contribution >= 0.6 is 0 Å². The lowest BCUT2D eigenvalue weighted by Crippen LogP contribution is -2.36. The molecule has 0 aliphatic carbocycles. The van der Waals surface area contributed by atoms with Crippen LogP contribution in [0.1, 0.15) is 28.9 Å². The molecule has 1 aromatic heterocycles. The van der Waals surface area contributed by atoms with Crippen molar-refractivity contribution in [3.63, 3.8) is 0 Å². The fourth-order valence-electron chi connectivity index (χ4n) is 3.82. The summed E-state index contributed by atoms with van der Waals surface area (Å²) >= 11 is 0. The fourth-order valence-corrected chi connectivity index (χ4v) is 3.82. The zero-order valence-electron chi connectivity index (χ0n) is 15.2. The highest BCUT2D eigenvalue weighted by Gasteiger charge is 2.35. The molecule has 1 aliphatic heterocycles. The van der Waals surface area contributed by atoms with E-state index < -0.39 is 0 Å². The predicted octanol–water partition coefficient (Wildman–Crippen LogP) is 1.98. The maximum atomic E-state index is 13.1. The summed E-state index contributed by atoms with van der Waals surface area (Å²) in [6.07, 6.45) is 0. The Bertz CT molecular complexity index is 1040. The molecule has 1 fully saturated rings. The first-order valence-corrected chi connectivity index (χ1v) is 9.19. The van der Waals surface area contributed by atoms with Gasteiger partial charge in [-0.05, 0) is 24.6 Å². The Labute approximate surface area is 157 Å². The Balaban J connectivity index is 1.70. The van der Waals surface area contributed by atoms with Crippen LogP contribution in [-0.2, 0) is 6.54 Å². The number of benzene rings is 2. The van der Waals surface area contributed by atoms with Gasteiger partial charge in [0.15, 0.2) is 5.69 Å². The minimum atomic E-state index is -0.346. The van der Waals surface area contributed by atoms with Gasteiger partial charge in [0.25, 0.3) is 5.91 Å². The molecule has 0 spiro atoms. The zero-order valence-corrected chi connectivity index (χ0v) is 15.2. The molecule has 4 rings (SSSR count). The van der Waals surface area contributed by atoms with Gasteiger partial charge in [0.1, 0.15) is 0 Å². The van der Waals surface area contributed by atoms with Gasteiger partial charge in [0.2, 0.25) is 5.43 Å². The summed E-state index contributed by atoms with van der Waals surface area (Å²) in [6.45, 7) is 3.42. The van der Waals surface area contributed by atoms with E-state index in [1.807, 2.05) is 49.4 Å².